The molecule has 3 aromatic rings. The molecule has 0 saturated heterocycles. The van der Waals surface area contributed by atoms with E-state index < -0.39 is 15.8 Å². The van der Waals surface area contributed by atoms with Crippen molar-refractivity contribution in [1.82, 2.24) is 9.97 Å². The number of carboxylic acids is 1. The van der Waals surface area contributed by atoms with E-state index in [2.05, 4.69) is 20.6 Å². The molecule has 3 N–H and O–H groups in total. The maximum Gasteiger partial charge on any atom is 0.335 e. The van der Waals surface area contributed by atoms with Crippen molar-refractivity contribution in [2.45, 2.75) is 11.8 Å². The maximum atomic E-state index is 12.0. The zero-order valence-electron chi connectivity index (χ0n) is 15.2. The van der Waals surface area contributed by atoms with Gasteiger partial charge < -0.3 is 15.7 Å². The first-order valence-electron chi connectivity index (χ1n) is 8.24. The Labute approximate surface area is 162 Å². The van der Waals surface area contributed by atoms with E-state index in [4.69, 9.17) is 5.11 Å². The molecular formula is C19H18N4O4S. The first-order valence-corrected chi connectivity index (χ1v) is 10.1. The minimum Gasteiger partial charge on any atom is -0.478 e. The van der Waals surface area contributed by atoms with E-state index in [1.54, 1.807) is 43.5 Å². The molecule has 144 valence electrons. The van der Waals surface area contributed by atoms with Crippen molar-refractivity contribution < 1.29 is 18.3 Å². The number of sulfone groups is 1. The molecule has 0 aliphatic heterocycles. The lowest BCUT2D eigenvalue weighted by Crippen LogP contribution is -2.06. The highest BCUT2D eigenvalue weighted by atomic mass is 32.2. The lowest BCUT2D eigenvalue weighted by Gasteiger charge is -2.13. The smallest absolute Gasteiger partial charge is 0.335 e. The number of benzene rings is 2. The Morgan fingerprint density at radius 2 is 1.71 bits per heavy atom. The van der Waals surface area contributed by atoms with E-state index >= 15 is 0 Å². The van der Waals surface area contributed by atoms with E-state index in [1.807, 2.05) is 0 Å². The Morgan fingerprint density at radius 3 is 2.36 bits per heavy atom. The number of carbonyl (C=O) groups is 1. The second kappa shape index (κ2) is 7.65. The monoisotopic (exact) mass is 398 g/mol. The minimum atomic E-state index is -3.41. The summed E-state index contributed by atoms with van der Waals surface area (Å²) < 4.78 is 24.0. The summed E-state index contributed by atoms with van der Waals surface area (Å²) in [5.74, 6) is -0.266. The number of hydrogen-bond acceptors (Lipinski definition) is 7. The van der Waals surface area contributed by atoms with Gasteiger partial charge in [-0.15, -0.1) is 0 Å². The van der Waals surface area contributed by atoms with Gasteiger partial charge in [0.2, 0.25) is 5.95 Å². The molecule has 0 aliphatic rings. The van der Waals surface area contributed by atoms with Gasteiger partial charge in [-0.05, 0) is 43.3 Å². The number of nitrogens with one attached hydrogen (secondary N) is 2. The summed E-state index contributed by atoms with van der Waals surface area (Å²) in [4.78, 5) is 19.7. The van der Waals surface area contributed by atoms with E-state index in [0.29, 0.717) is 17.2 Å². The first kappa shape index (κ1) is 19.3. The second-order valence-electron chi connectivity index (χ2n) is 6.13. The number of anilines is 4. The number of nitrogens with zero attached hydrogens (tertiary/aromatic N) is 2. The maximum absolute atomic E-state index is 12.0. The van der Waals surface area contributed by atoms with Gasteiger partial charge in [-0.3, -0.25) is 0 Å². The van der Waals surface area contributed by atoms with Crippen molar-refractivity contribution in [3.05, 3.63) is 65.9 Å². The van der Waals surface area contributed by atoms with Crippen LogP contribution in [0.5, 0.6) is 0 Å². The Bertz CT molecular complexity index is 1130. The van der Waals surface area contributed by atoms with Crippen LogP contribution in [0.25, 0.3) is 0 Å². The first-order chi connectivity index (χ1) is 13.2. The van der Waals surface area contributed by atoms with Crippen LogP contribution in [0.3, 0.4) is 0 Å². The molecule has 8 nitrogen and oxygen atoms in total. The molecule has 0 fully saturated rings. The van der Waals surface area contributed by atoms with E-state index in [-0.39, 0.29) is 16.4 Å². The number of aromatic carboxylic acids is 1. The highest BCUT2D eigenvalue weighted by molar-refractivity contribution is 7.90. The predicted molar refractivity (Wildman–Crippen MR) is 106 cm³/mol. The summed E-state index contributed by atoms with van der Waals surface area (Å²) >= 11 is 0. The summed E-state index contributed by atoms with van der Waals surface area (Å²) in [6.45, 7) is 1.80. The van der Waals surface area contributed by atoms with Crippen LogP contribution in [0.15, 0.2) is 59.6 Å². The molecule has 0 unspecified atom stereocenters. The van der Waals surface area contributed by atoms with E-state index in [0.717, 1.165) is 11.8 Å². The van der Waals surface area contributed by atoms with Crippen LogP contribution < -0.4 is 10.6 Å². The molecule has 1 aromatic heterocycles. The molecule has 28 heavy (non-hydrogen) atoms. The van der Waals surface area contributed by atoms with Crippen molar-refractivity contribution >= 4 is 38.9 Å². The summed E-state index contributed by atoms with van der Waals surface area (Å²) in [5, 5.41) is 15.0. The molecule has 0 bridgehead atoms. The Hall–Kier alpha value is -3.46. The fraction of sp³-hybridized carbons (Fsp3) is 0.105. The van der Waals surface area contributed by atoms with Gasteiger partial charge in [0.25, 0.3) is 0 Å². The van der Waals surface area contributed by atoms with Gasteiger partial charge in [-0.1, -0.05) is 12.1 Å². The van der Waals surface area contributed by atoms with Crippen LogP contribution in [0, 0.1) is 6.92 Å². The molecule has 3 rings (SSSR count). The van der Waals surface area contributed by atoms with Gasteiger partial charge in [0.05, 0.1) is 16.1 Å². The van der Waals surface area contributed by atoms with Crippen molar-refractivity contribution in [1.29, 1.82) is 0 Å². The Kier molecular flexibility index (Phi) is 5.27. The SMILES string of the molecule is Cc1cnc(Nc2ccc(C(=O)O)cc2)nc1Nc1ccccc1S(C)(=O)=O. The fourth-order valence-electron chi connectivity index (χ4n) is 2.47. The topological polar surface area (TPSA) is 121 Å². The number of aromatic nitrogens is 2. The van der Waals surface area contributed by atoms with E-state index in [9.17, 15) is 13.2 Å². The summed E-state index contributed by atoms with van der Waals surface area (Å²) in [6.07, 6.45) is 2.75. The highest BCUT2D eigenvalue weighted by Crippen LogP contribution is 2.26. The lowest BCUT2D eigenvalue weighted by molar-refractivity contribution is 0.0697. The number of aryl methyl sites for hydroxylation is 1. The van der Waals surface area contributed by atoms with Crippen LogP contribution in [0.1, 0.15) is 15.9 Å². The number of carboxylic acid groups (broad SMARTS) is 1. The zero-order chi connectivity index (χ0) is 20.3. The number of para-hydroxylation sites is 1. The molecule has 2 aromatic carbocycles. The number of rotatable bonds is 6. The second-order valence-corrected chi connectivity index (χ2v) is 8.11. The molecule has 0 amide bonds. The standard InChI is InChI=1S/C19H18N4O4S/c1-12-11-20-19(21-14-9-7-13(8-10-14)18(24)25)23-17(12)22-15-5-3-4-6-16(15)28(2,26)27/h3-11H,1-2H3,(H,24,25)(H2,20,21,22,23). The minimum absolute atomic E-state index is 0.173. The molecule has 0 spiro atoms. The van der Waals surface area contributed by atoms with Crippen molar-refractivity contribution in [3.8, 4) is 0 Å². The Balaban J connectivity index is 1.88. The van der Waals surface area contributed by atoms with Crippen LogP contribution in [-0.4, -0.2) is 35.7 Å². The quantitative estimate of drug-likeness (QED) is 0.578. The fourth-order valence-corrected chi connectivity index (χ4v) is 3.32. The van der Waals surface area contributed by atoms with Crippen molar-refractivity contribution in [3.63, 3.8) is 0 Å². The average molecular weight is 398 g/mol. The van der Waals surface area contributed by atoms with Gasteiger partial charge in [-0.2, -0.15) is 4.98 Å². The summed E-state index contributed by atoms with van der Waals surface area (Å²) in [6, 6.07) is 12.7. The van der Waals surface area contributed by atoms with Crippen LogP contribution in [0.4, 0.5) is 23.1 Å². The molecular weight excluding hydrogens is 380 g/mol. The largest absolute Gasteiger partial charge is 0.478 e. The zero-order valence-corrected chi connectivity index (χ0v) is 16.0. The van der Waals surface area contributed by atoms with Crippen molar-refractivity contribution in [2.24, 2.45) is 0 Å². The molecule has 9 heteroatoms. The third-order valence-electron chi connectivity index (χ3n) is 3.90. The van der Waals surface area contributed by atoms with Gasteiger partial charge in [0, 0.05) is 23.7 Å². The number of hydrogen-bond donors (Lipinski definition) is 3. The summed E-state index contributed by atoms with van der Waals surface area (Å²) in [7, 11) is -3.41. The van der Waals surface area contributed by atoms with Crippen LogP contribution >= 0.6 is 0 Å². The van der Waals surface area contributed by atoms with Gasteiger partial charge in [-0.25, -0.2) is 18.2 Å². The highest BCUT2D eigenvalue weighted by Gasteiger charge is 2.14. The molecule has 1 heterocycles. The third kappa shape index (κ3) is 4.44. The Morgan fingerprint density at radius 1 is 1.04 bits per heavy atom. The normalized spacial score (nSPS) is 11.1. The third-order valence-corrected chi connectivity index (χ3v) is 5.05. The van der Waals surface area contributed by atoms with Crippen LogP contribution in [-0.2, 0) is 9.84 Å². The molecule has 0 atom stereocenters. The van der Waals surface area contributed by atoms with Gasteiger partial charge >= 0.3 is 5.97 Å². The predicted octanol–water partition coefficient (Wildman–Crippen LogP) is 3.37. The van der Waals surface area contributed by atoms with E-state index in [1.165, 1.54) is 18.2 Å². The molecule has 0 saturated carbocycles. The van der Waals surface area contributed by atoms with Crippen molar-refractivity contribution in [2.75, 3.05) is 16.9 Å². The molecule has 0 aliphatic carbocycles. The summed E-state index contributed by atoms with van der Waals surface area (Å²) in [5.41, 5.74) is 1.95. The van der Waals surface area contributed by atoms with Gasteiger partial charge in [0.15, 0.2) is 9.84 Å². The molecule has 0 radical (unpaired) electrons. The van der Waals surface area contributed by atoms with Gasteiger partial charge in [0.1, 0.15) is 5.82 Å². The average Bonchev–Trinajstić information content (AvgIpc) is 2.64. The lowest BCUT2D eigenvalue weighted by atomic mass is 10.2. The van der Waals surface area contributed by atoms with Crippen LogP contribution in [0.2, 0.25) is 0 Å².